The van der Waals surface area contributed by atoms with E-state index in [-0.39, 0.29) is 110 Å². The van der Waals surface area contributed by atoms with Gasteiger partial charge < -0.3 is 57.9 Å². The number of nitrogens with two attached hydrogens (primary N) is 2. The lowest BCUT2D eigenvalue weighted by Gasteiger charge is -2.20. The lowest BCUT2D eigenvalue weighted by Crippen LogP contribution is -2.32. The number of aliphatic hydroxyl groups is 1. The van der Waals surface area contributed by atoms with Gasteiger partial charge in [0.1, 0.15) is 35.8 Å². The van der Waals surface area contributed by atoms with Crippen molar-refractivity contribution >= 4 is 82.5 Å². The van der Waals surface area contributed by atoms with Gasteiger partial charge in [-0.05, 0) is 111 Å². The number of carbonyl (C=O) groups is 11. The maximum absolute atomic E-state index is 13.6. The highest BCUT2D eigenvalue weighted by atomic mass is 16.7. The highest BCUT2D eigenvalue weighted by Gasteiger charge is 2.30. The molecule has 0 saturated carbocycles. The number of aliphatic hydroxyl groups excluding tert-OH is 1. The Morgan fingerprint density at radius 1 is 0.561 bits per heavy atom. The quantitative estimate of drug-likeness (QED) is 0.00589. The molecule has 3 aromatic carbocycles. The molecule has 33 heteroatoms. The zero-order valence-corrected chi connectivity index (χ0v) is 54.8. The average molecular weight is 1360 g/mol. The Bertz CT molecular complexity index is 3610. The second kappa shape index (κ2) is 38.3. The molecule has 0 aliphatic carbocycles. The minimum atomic E-state index is -1.01. The number of hydrogen-bond acceptors (Lipinski definition) is 20. The molecular formula is C65H83N17O16. The van der Waals surface area contributed by atoms with E-state index in [1.54, 1.807) is 60.9 Å². The summed E-state index contributed by atoms with van der Waals surface area (Å²) in [4.78, 5) is 146. The summed E-state index contributed by atoms with van der Waals surface area (Å²) in [6.45, 7) is 8.57. The summed E-state index contributed by atoms with van der Waals surface area (Å²) in [6.07, 6.45) is 12.8. The third-order valence-electron chi connectivity index (χ3n) is 15.4. The van der Waals surface area contributed by atoms with Crippen LogP contribution >= 0.6 is 0 Å². The molecule has 33 nitrogen and oxygen atoms in total. The van der Waals surface area contributed by atoms with Gasteiger partial charge in [-0.3, -0.25) is 58.3 Å². The molecule has 524 valence electrons. The van der Waals surface area contributed by atoms with Crippen molar-refractivity contribution in [2.45, 2.75) is 142 Å². The van der Waals surface area contributed by atoms with Gasteiger partial charge in [0.25, 0.3) is 29.3 Å². The third-order valence-corrected chi connectivity index (χ3v) is 15.4. The van der Waals surface area contributed by atoms with Crippen LogP contribution in [-0.4, -0.2) is 141 Å². The zero-order chi connectivity index (χ0) is 71.3. The molecule has 0 bridgehead atoms. The number of anilines is 2. The smallest absolute Gasteiger partial charge is 0.429 e. The van der Waals surface area contributed by atoms with Crippen molar-refractivity contribution in [1.29, 1.82) is 0 Å². The number of hydrogen-bond donors (Lipinski definition) is 9. The molecular weight excluding hydrogens is 1270 g/mol. The van der Waals surface area contributed by atoms with E-state index in [2.05, 4.69) is 52.5 Å². The van der Waals surface area contributed by atoms with Crippen molar-refractivity contribution in [3.8, 4) is 5.75 Å². The molecule has 11 N–H and O–H groups in total. The number of ether oxygens (including phenoxy) is 2. The van der Waals surface area contributed by atoms with E-state index in [1.165, 1.54) is 67.7 Å². The van der Waals surface area contributed by atoms with E-state index in [9.17, 15) is 68.0 Å². The van der Waals surface area contributed by atoms with Crippen molar-refractivity contribution in [3.05, 3.63) is 142 Å². The Labute approximate surface area is 564 Å². The number of nitrogens with one attached hydrogen (secondary N) is 6. The van der Waals surface area contributed by atoms with E-state index < -0.39 is 53.2 Å². The second-order valence-corrected chi connectivity index (χ2v) is 23.6. The average Bonchev–Trinajstić information content (AvgIpc) is 1.49. The second-order valence-electron chi connectivity index (χ2n) is 23.6. The monoisotopic (exact) mass is 1360 g/mol. The van der Waals surface area contributed by atoms with Crippen LogP contribution in [-0.2, 0) is 56.3 Å². The van der Waals surface area contributed by atoms with Gasteiger partial charge in [-0.15, -0.1) is 10.2 Å². The molecule has 5 aromatic rings. The molecule has 0 saturated heterocycles. The predicted molar refractivity (Wildman–Crippen MR) is 352 cm³/mol. The van der Waals surface area contributed by atoms with Crippen LogP contribution in [0.3, 0.4) is 0 Å². The number of benzene rings is 3. The summed E-state index contributed by atoms with van der Waals surface area (Å²) in [6, 6.07) is 14.3. The molecule has 0 spiro atoms. The number of nitro benzene ring substituents is 1. The van der Waals surface area contributed by atoms with Crippen molar-refractivity contribution in [1.82, 2.24) is 61.1 Å². The first-order valence-corrected chi connectivity index (χ1v) is 31.9. The fourth-order valence-electron chi connectivity index (χ4n) is 10.1. The van der Waals surface area contributed by atoms with Gasteiger partial charge in [0.2, 0.25) is 23.6 Å². The van der Waals surface area contributed by atoms with E-state index in [0.29, 0.717) is 105 Å². The van der Waals surface area contributed by atoms with Crippen LogP contribution in [0, 0.1) is 22.0 Å². The summed E-state index contributed by atoms with van der Waals surface area (Å²) in [5.74, 6) is -2.45. The summed E-state index contributed by atoms with van der Waals surface area (Å²) in [5, 5.41) is 53.8. The van der Waals surface area contributed by atoms with Crippen molar-refractivity contribution in [2.24, 2.45) is 23.3 Å². The van der Waals surface area contributed by atoms with E-state index >= 15 is 0 Å². The standard InChI is InChI=1S/C36H43N9O10.C29H40N8O6/c1-23(2)33(40-30(46)8-4-3-5-20-43-31(47)17-18-32(43)48)28-21-44(42-41-28)29(7-6-19-38-35(37)50)34(49)39-25-11-9-24(10-12-25)22-54-36(51)55-27-15-13-26(14-16-27)45(52)53;1-19(2)27(33-24(39)8-4-3-5-16-36-25(40)13-14-26(36)41)22-17-37(35-34-22)23(7-6-15-31-29(30)43)28(42)32-21-11-9-20(18-38)10-12-21/h9-18,21,23,29,33H,3-8,19-20,22H2,1-2H3,(H,39,49)(H,40,46)(H3,37,38,50);9-14,17,19,23,27,38H,3-8,15-16,18H2,1-2H3,(H,32,42)(H,33,39)(H3,30,31,43)/t29-,33-;23-,27-/m00/s1. The molecule has 7 rings (SSSR count). The molecule has 0 unspecified atom stereocenters. The van der Waals surface area contributed by atoms with Crippen LogP contribution < -0.4 is 48.1 Å². The number of urea groups is 2. The Balaban J connectivity index is 0.000000319. The Morgan fingerprint density at radius 3 is 1.35 bits per heavy atom. The first kappa shape index (κ1) is 75.8. The number of non-ortho nitro benzene ring substituents is 1. The number of primary amides is 2. The highest BCUT2D eigenvalue weighted by molar-refractivity contribution is 6.13. The number of nitro groups is 1. The van der Waals surface area contributed by atoms with Gasteiger partial charge in [-0.1, -0.05) is 75.2 Å². The van der Waals surface area contributed by atoms with E-state index in [4.69, 9.17) is 20.9 Å². The number of rotatable bonds is 37. The topological polar surface area (TPSA) is 462 Å². The first-order chi connectivity index (χ1) is 46.9. The zero-order valence-electron chi connectivity index (χ0n) is 54.8. The van der Waals surface area contributed by atoms with Crippen molar-refractivity contribution in [3.63, 3.8) is 0 Å². The molecule has 0 radical (unpaired) electrons. The molecule has 12 amide bonds. The normalized spacial score (nSPS) is 13.7. The fourth-order valence-corrected chi connectivity index (χ4v) is 10.1. The van der Waals surface area contributed by atoms with Gasteiger partial charge in [-0.25, -0.2) is 23.7 Å². The Morgan fingerprint density at radius 2 is 0.969 bits per heavy atom. The fraction of sp³-hybridized carbons (Fsp3) is 0.431. The molecule has 2 aliphatic heterocycles. The predicted octanol–water partition coefficient (Wildman–Crippen LogP) is 5.53. The summed E-state index contributed by atoms with van der Waals surface area (Å²) >= 11 is 0. The maximum Gasteiger partial charge on any atom is 0.514 e. The van der Waals surface area contributed by atoms with Gasteiger partial charge >= 0.3 is 18.2 Å². The lowest BCUT2D eigenvalue weighted by atomic mass is 10.0. The largest absolute Gasteiger partial charge is 0.514 e. The van der Waals surface area contributed by atoms with E-state index in [1.807, 2.05) is 27.7 Å². The number of unbranched alkanes of at least 4 members (excludes halogenated alkanes) is 4. The van der Waals surface area contributed by atoms with Gasteiger partial charge in [-0.2, -0.15) is 0 Å². The number of amides is 12. The van der Waals surface area contributed by atoms with Gasteiger partial charge in [0.05, 0.1) is 36.0 Å². The molecule has 98 heavy (non-hydrogen) atoms. The first-order valence-electron chi connectivity index (χ1n) is 31.9. The summed E-state index contributed by atoms with van der Waals surface area (Å²) < 4.78 is 13.0. The van der Waals surface area contributed by atoms with Crippen LogP contribution in [0.5, 0.6) is 5.75 Å². The number of imide groups is 2. The lowest BCUT2D eigenvalue weighted by molar-refractivity contribution is -0.384. The molecule has 2 aromatic heterocycles. The van der Waals surface area contributed by atoms with Gasteiger partial charge in [0, 0.05) is 86.8 Å². The van der Waals surface area contributed by atoms with Crippen LogP contribution in [0.25, 0.3) is 0 Å². The SMILES string of the molecule is CC(C)[C@H](NC(=O)CCCCCN1C(=O)C=CC1=O)c1cn([C@@H](CCCNC(N)=O)C(=O)Nc2ccc(CO)cc2)nn1.CC(C)[C@H](NC(=O)CCCCCN1C(=O)C=CC1=O)c1cn([C@@H](CCCNC(N)=O)C(=O)Nc2ccc(COC(=O)Oc3ccc([N+](=O)[O-])cc3)cc2)nn1. The van der Waals surface area contributed by atoms with Crippen LogP contribution in [0.2, 0.25) is 0 Å². The maximum atomic E-state index is 13.6. The summed E-state index contributed by atoms with van der Waals surface area (Å²) in [5.41, 5.74) is 13.4. The van der Waals surface area contributed by atoms with Crippen molar-refractivity contribution < 1.29 is 72.2 Å². The van der Waals surface area contributed by atoms with E-state index in [0.717, 1.165) is 0 Å². The Hall–Kier alpha value is -11.3. The van der Waals surface area contributed by atoms with Crippen LogP contribution in [0.4, 0.5) is 31.4 Å². The van der Waals surface area contributed by atoms with Gasteiger partial charge in [0.15, 0.2) is 0 Å². The molecule has 4 heterocycles. The number of aromatic nitrogens is 6. The minimum Gasteiger partial charge on any atom is -0.429 e. The molecule has 0 fully saturated rings. The third kappa shape index (κ3) is 24.5. The summed E-state index contributed by atoms with van der Waals surface area (Å²) in [7, 11) is 0. The number of carbonyl (C=O) groups excluding carboxylic acids is 11. The van der Waals surface area contributed by atoms with Crippen molar-refractivity contribution in [2.75, 3.05) is 36.8 Å². The Kier molecular flexibility index (Phi) is 29.6. The highest BCUT2D eigenvalue weighted by Crippen LogP contribution is 2.27. The number of nitrogens with zero attached hydrogens (tertiary/aromatic N) is 9. The molecule has 4 atom stereocenters. The van der Waals surface area contributed by atoms with Crippen LogP contribution in [0.1, 0.15) is 151 Å². The minimum absolute atomic E-state index is 0.0223. The molecule has 2 aliphatic rings. The van der Waals surface area contributed by atoms with Crippen LogP contribution in [0.15, 0.2) is 109 Å².